The Morgan fingerprint density at radius 1 is 1.38 bits per heavy atom. The maximum Gasteiger partial charge on any atom is 0.150 e. The Hall–Kier alpha value is -1.35. The molecule has 0 aliphatic rings. The summed E-state index contributed by atoms with van der Waals surface area (Å²) in [6.45, 7) is 0. The van der Waals surface area contributed by atoms with Crippen LogP contribution in [0, 0.1) is 5.82 Å². The van der Waals surface area contributed by atoms with Crippen LogP contribution in [0.15, 0.2) is 24.4 Å². The Labute approximate surface area is 79.1 Å². The molecule has 0 fully saturated rings. The van der Waals surface area contributed by atoms with E-state index in [0.29, 0.717) is 16.1 Å². The molecule has 1 aromatic carbocycles. The lowest BCUT2D eigenvalue weighted by molar-refractivity contribution is 0.637. The number of benzene rings is 1. The summed E-state index contributed by atoms with van der Waals surface area (Å²) in [5.74, 6) is -0.449. The zero-order valence-electron chi connectivity index (χ0n) is 6.59. The van der Waals surface area contributed by atoms with Gasteiger partial charge in [-0.3, -0.25) is 4.98 Å². The topological polar surface area (TPSA) is 38.9 Å². The molecule has 4 heteroatoms. The summed E-state index contributed by atoms with van der Waals surface area (Å²) >= 11 is 5.67. The summed E-state index contributed by atoms with van der Waals surface area (Å²) < 4.78 is 13.2. The van der Waals surface area contributed by atoms with Gasteiger partial charge in [0.1, 0.15) is 5.52 Å². The van der Waals surface area contributed by atoms with Crippen molar-refractivity contribution >= 4 is 28.2 Å². The van der Waals surface area contributed by atoms with Gasteiger partial charge in [-0.1, -0.05) is 11.6 Å². The largest absolute Gasteiger partial charge is 0.398 e. The first-order valence-electron chi connectivity index (χ1n) is 3.68. The van der Waals surface area contributed by atoms with Gasteiger partial charge in [0.05, 0.1) is 0 Å². The Morgan fingerprint density at radius 2 is 2.15 bits per heavy atom. The highest BCUT2D eigenvalue weighted by Crippen LogP contribution is 2.25. The van der Waals surface area contributed by atoms with Crippen molar-refractivity contribution in [1.29, 1.82) is 0 Å². The fraction of sp³-hybridized carbons (Fsp3) is 0. The van der Waals surface area contributed by atoms with Crippen molar-refractivity contribution in [2.45, 2.75) is 0 Å². The third-order valence-electron chi connectivity index (χ3n) is 1.80. The van der Waals surface area contributed by atoms with Gasteiger partial charge < -0.3 is 5.73 Å². The number of nitrogen functional groups attached to an aromatic ring is 1. The van der Waals surface area contributed by atoms with Crippen LogP contribution in [0.2, 0.25) is 5.02 Å². The van der Waals surface area contributed by atoms with E-state index in [-0.39, 0.29) is 5.52 Å². The van der Waals surface area contributed by atoms with E-state index in [1.165, 1.54) is 12.3 Å². The average molecular weight is 197 g/mol. The molecule has 2 N–H and O–H groups in total. The second kappa shape index (κ2) is 2.85. The summed E-state index contributed by atoms with van der Waals surface area (Å²) in [7, 11) is 0. The lowest BCUT2D eigenvalue weighted by atomic mass is 10.2. The predicted octanol–water partition coefficient (Wildman–Crippen LogP) is 2.61. The molecule has 0 amide bonds. The summed E-state index contributed by atoms with van der Waals surface area (Å²) in [5.41, 5.74) is 6.36. The maximum absolute atomic E-state index is 13.2. The molecule has 1 aromatic heterocycles. The van der Waals surface area contributed by atoms with Gasteiger partial charge in [-0.05, 0) is 18.2 Å². The number of nitrogens with zero attached hydrogens (tertiary/aromatic N) is 1. The second-order valence-corrected chi connectivity index (χ2v) is 3.12. The quantitative estimate of drug-likeness (QED) is 0.704. The van der Waals surface area contributed by atoms with Crippen LogP contribution in [0.1, 0.15) is 0 Å². The second-order valence-electron chi connectivity index (χ2n) is 2.68. The van der Waals surface area contributed by atoms with E-state index in [2.05, 4.69) is 4.98 Å². The van der Waals surface area contributed by atoms with E-state index in [4.69, 9.17) is 17.3 Å². The van der Waals surface area contributed by atoms with E-state index < -0.39 is 5.82 Å². The van der Waals surface area contributed by atoms with E-state index in [1.54, 1.807) is 12.1 Å². The van der Waals surface area contributed by atoms with Crippen LogP contribution in [-0.2, 0) is 0 Å². The molecule has 1 heterocycles. The molecule has 2 nitrogen and oxygen atoms in total. The number of aromatic nitrogens is 1. The van der Waals surface area contributed by atoms with Crippen molar-refractivity contribution in [3.05, 3.63) is 35.2 Å². The summed E-state index contributed by atoms with van der Waals surface area (Å²) in [4.78, 5) is 3.87. The normalized spacial score (nSPS) is 10.6. The highest BCUT2D eigenvalue weighted by Gasteiger charge is 2.05. The van der Waals surface area contributed by atoms with Crippen molar-refractivity contribution in [1.82, 2.24) is 4.98 Å². The molecule has 66 valence electrons. The summed E-state index contributed by atoms with van der Waals surface area (Å²) in [5, 5.41) is 0.872. The van der Waals surface area contributed by atoms with E-state index in [1.807, 2.05) is 0 Å². The first-order valence-corrected chi connectivity index (χ1v) is 4.05. The van der Waals surface area contributed by atoms with Gasteiger partial charge in [0.15, 0.2) is 5.82 Å². The average Bonchev–Trinajstić information content (AvgIpc) is 2.07. The van der Waals surface area contributed by atoms with Crippen LogP contribution in [0.4, 0.5) is 10.1 Å². The lowest BCUT2D eigenvalue weighted by Crippen LogP contribution is -1.91. The molecular weight excluding hydrogens is 191 g/mol. The van der Waals surface area contributed by atoms with Crippen molar-refractivity contribution in [2.75, 3.05) is 5.73 Å². The molecule has 0 radical (unpaired) electrons. The van der Waals surface area contributed by atoms with Gasteiger partial charge in [-0.25, -0.2) is 4.39 Å². The highest BCUT2D eigenvalue weighted by atomic mass is 35.5. The molecule has 0 bridgehead atoms. The standard InChI is InChI=1S/C9H6ClFN2/c10-5-3-6-8(12)1-2-13-9(6)7(11)4-5/h1-4H,(H2,12,13). The molecule has 2 aromatic rings. The zero-order valence-corrected chi connectivity index (χ0v) is 7.35. The van der Waals surface area contributed by atoms with E-state index >= 15 is 0 Å². The first-order chi connectivity index (χ1) is 6.18. The van der Waals surface area contributed by atoms with Gasteiger partial charge in [0.2, 0.25) is 0 Å². The summed E-state index contributed by atoms with van der Waals surface area (Å²) in [6, 6.07) is 4.43. The van der Waals surface area contributed by atoms with Crippen molar-refractivity contribution in [3.63, 3.8) is 0 Å². The molecule has 13 heavy (non-hydrogen) atoms. The number of hydrogen-bond acceptors (Lipinski definition) is 2. The number of nitrogens with two attached hydrogens (primary N) is 1. The van der Waals surface area contributed by atoms with E-state index in [9.17, 15) is 4.39 Å². The van der Waals surface area contributed by atoms with Crippen LogP contribution in [0.25, 0.3) is 10.9 Å². The van der Waals surface area contributed by atoms with Gasteiger partial charge in [-0.2, -0.15) is 0 Å². The van der Waals surface area contributed by atoms with Crippen LogP contribution in [0.5, 0.6) is 0 Å². The molecule has 0 unspecified atom stereocenters. The number of anilines is 1. The molecule has 0 aliphatic carbocycles. The minimum absolute atomic E-state index is 0.254. The number of rotatable bonds is 0. The number of hydrogen-bond donors (Lipinski definition) is 1. The molecule has 0 spiro atoms. The lowest BCUT2D eigenvalue weighted by Gasteiger charge is -2.01. The number of halogens is 2. The fourth-order valence-electron chi connectivity index (χ4n) is 1.20. The van der Waals surface area contributed by atoms with Crippen LogP contribution in [0.3, 0.4) is 0 Å². The Balaban J connectivity index is 2.94. The van der Waals surface area contributed by atoms with Gasteiger partial charge >= 0.3 is 0 Å². The zero-order chi connectivity index (χ0) is 9.42. The van der Waals surface area contributed by atoms with Crippen molar-refractivity contribution in [2.24, 2.45) is 0 Å². The third-order valence-corrected chi connectivity index (χ3v) is 2.02. The predicted molar refractivity (Wildman–Crippen MR) is 51.1 cm³/mol. The minimum atomic E-state index is -0.449. The van der Waals surface area contributed by atoms with Crippen LogP contribution in [-0.4, -0.2) is 4.98 Å². The number of pyridine rings is 1. The smallest absolute Gasteiger partial charge is 0.150 e. The van der Waals surface area contributed by atoms with Gasteiger partial charge in [-0.15, -0.1) is 0 Å². The highest BCUT2D eigenvalue weighted by molar-refractivity contribution is 6.31. The van der Waals surface area contributed by atoms with E-state index in [0.717, 1.165) is 0 Å². The minimum Gasteiger partial charge on any atom is -0.398 e. The Bertz CT molecular complexity index is 470. The summed E-state index contributed by atoms with van der Waals surface area (Å²) in [6.07, 6.45) is 1.47. The van der Waals surface area contributed by atoms with Crippen LogP contribution < -0.4 is 5.73 Å². The first kappa shape index (κ1) is 8.26. The fourth-order valence-corrected chi connectivity index (χ4v) is 1.40. The Kier molecular flexibility index (Phi) is 1.81. The molecule has 0 aliphatic heterocycles. The van der Waals surface area contributed by atoms with Crippen LogP contribution >= 0.6 is 11.6 Å². The van der Waals surface area contributed by atoms with Gasteiger partial charge in [0.25, 0.3) is 0 Å². The molecule has 0 saturated carbocycles. The molecule has 0 atom stereocenters. The molecular formula is C9H6ClFN2. The van der Waals surface area contributed by atoms with Crippen molar-refractivity contribution < 1.29 is 4.39 Å². The SMILES string of the molecule is Nc1ccnc2c(F)cc(Cl)cc12. The monoisotopic (exact) mass is 196 g/mol. The molecule has 0 saturated heterocycles. The van der Waals surface area contributed by atoms with Crippen molar-refractivity contribution in [3.8, 4) is 0 Å². The third kappa shape index (κ3) is 1.31. The van der Waals surface area contributed by atoms with Gasteiger partial charge in [0, 0.05) is 22.3 Å². The molecule has 2 rings (SSSR count). The Morgan fingerprint density at radius 3 is 2.92 bits per heavy atom. The number of fused-ring (bicyclic) bond motifs is 1. The maximum atomic E-state index is 13.2.